The molecule has 0 heterocycles. The van der Waals surface area contributed by atoms with E-state index in [1.807, 2.05) is 18.2 Å². The van der Waals surface area contributed by atoms with Gasteiger partial charge in [0.05, 0.1) is 0 Å². The molecule has 0 aliphatic heterocycles. The Balaban J connectivity index is 1.89. The van der Waals surface area contributed by atoms with Crippen LogP contribution in [-0.4, -0.2) is 6.54 Å². The average molecular weight is 224 g/mol. The Kier molecular flexibility index (Phi) is 3.66. The molecule has 2 heteroatoms. The third kappa shape index (κ3) is 2.73. The highest BCUT2D eigenvalue weighted by molar-refractivity contribution is 6.31. The first-order valence-corrected chi connectivity index (χ1v) is 6.13. The number of rotatable bonds is 4. The van der Waals surface area contributed by atoms with Crippen molar-refractivity contribution in [3.63, 3.8) is 0 Å². The van der Waals surface area contributed by atoms with Crippen molar-refractivity contribution in [3.8, 4) is 0 Å². The molecule has 1 N–H and O–H groups in total. The van der Waals surface area contributed by atoms with Crippen LogP contribution in [0.3, 0.4) is 0 Å². The lowest BCUT2D eigenvalue weighted by atomic mass is 9.85. The van der Waals surface area contributed by atoms with Gasteiger partial charge >= 0.3 is 0 Å². The zero-order valence-electron chi connectivity index (χ0n) is 9.17. The molecule has 0 aromatic heterocycles. The van der Waals surface area contributed by atoms with Crippen LogP contribution in [0.15, 0.2) is 24.3 Å². The lowest BCUT2D eigenvalue weighted by Crippen LogP contribution is -2.29. The fraction of sp³-hybridized carbons (Fsp3) is 0.538. The number of hydrogen-bond donors (Lipinski definition) is 1. The molecule has 0 spiro atoms. The van der Waals surface area contributed by atoms with Crippen LogP contribution in [-0.2, 0) is 0 Å². The topological polar surface area (TPSA) is 12.0 Å². The van der Waals surface area contributed by atoms with E-state index >= 15 is 0 Å². The van der Waals surface area contributed by atoms with Crippen LogP contribution in [0.2, 0.25) is 5.02 Å². The summed E-state index contributed by atoms with van der Waals surface area (Å²) in [6.07, 6.45) is 4.19. The van der Waals surface area contributed by atoms with Crippen LogP contribution >= 0.6 is 11.6 Å². The largest absolute Gasteiger partial charge is 0.310 e. The molecule has 0 unspecified atom stereocenters. The molecule has 1 fully saturated rings. The van der Waals surface area contributed by atoms with Gasteiger partial charge in [-0.25, -0.2) is 0 Å². The highest BCUT2D eigenvalue weighted by Crippen LogP contribution is 2.27. The van der Waals surface area contributed by atoms with Crippen molar-refractivity contribution in [2.45, 2.75) is 32.2 Å². The van der Waals surface area contributed by atoms with E-state index in [2.05, 4.69) is 18.3 Å². The standard InChI is InChI=1S/C13H18ClN/c1-10(15-9-11-5-4-6-11)12-7-2-3-8-13(12)14/h2-3,7-8,10-11,15H,4-6,9H2,1H3/t10-/m1/s1. The maximum absolute atomic E-state index is 6.14. The smallest absolute Gasteiger partial charge is 0.0453 e. The van der Waals surface area contributed by atoms with Crippen molar-refractivity contribution in [1.82, 2.24) is 5.32 Å². The fourth-order valence-electron chi connectivity index (χ4n) is 1.98. The zero-order chi connectivity index (χ0) is 10.7. The van der Waals surface area contributed by atoms with Gasteiger partial charge in [-0.1, -0.05) is 36.2 Å². The van der Waals surface area contributed by atoms with E-state index in [1.54, 1.807) is 0 Å². The summed E-state index contributed by atoms with van der Waals surface area (Å²) in [5.74, 6) is 0.898. The third-order valence-corrected chi connectivity index (χ3v) is 3.65. The van der Waals surface area contributed by atoms with Crippen LogP contribution in [0.1, 0.15) is 37.8 Å². The summed E-state index contributed by atoms with van der Waals surface area (Å²) in [6.45, 7) is 3.31. The van der Waals surface area contributed by atoms with Crippen molar-refractivity contribution in [1.29, 1.82) is 0 Å². The Bertz CT molecular complexity index is 320. The predicted molar refractivity (Wildman–Crippen MR) is 65.2 cm³/mol. The molecule has 1 saturated carbocycles. The van der Waals surface area contributed by atoms with Gasteiger partial charge < -0.3 is 5.32 Å². The molecule has 1 aromatic rings. The summed E-state index contributed by atoms with van der Waals surface area (Å²) in [4.78, 5) is 0. The van der Waals surface area contributed by atoms with Gasteiger partial charge in [0, 0.05) is 11.1 Å². The van der Waals surface area contributed by atoms with E-state index in [9.17, 15) is 0 Å². The van der Waals surface area contributed by atoms with Crippen molar-refractivity contribution in [2.24, 2.45) is 5.92 Å². The molecule has 1 aliphatic rings. The van der Waals surface area contributed by atoms with E-state index in [-0.39, 0.29) is 0 Å². The minimum atomic E-state index is 0.360. The van der Waals surface area contributed by atoms with Gasteiger partial charge in [0.15, 0.2) is 0 Å². The summed E-state index contributed by atoms with van der Waals surface area (Å²) >= 11 is 6.14. The first-order valence-electron chi connectivity index (χ1n) is 5.75. The Morgan fingerprint density at radius 3 is 2.73 bits per heavy atom. The van der Waals surface area contributed by atoms with Crippen LogP contribution in [0.4, 0.5) is 0 Å². The van der Waals surface area contributed by atoms with Crippen molar-refractivity contribution >= 4 is 11.6 Å². The highest BCUT2D eigenvalue weighted by atomic mass is 35.5. The van der Waals surface area contributed by atoms with E-state index in [0.29, 0.717) is 6.04 Å². The molecular formula is C13H18ClN. The fourth-order valence-corrected chi connectivity index (χ4v) is 2.28. The molecule has 1 atom stereocenters. The van der Waals surface area contributed by atoms with E-state index in [4.69, 9.17) is 11.6 Å². The molecule has 0 saturated heterocycles. The van der Waals surface area contributed by atoms with Crippen molar-refractivity contribution in [3.05, 3.63) is 34.9 Å². The number of hydrogen-bond acceptors (Lipinski definition) is 1. The van der Waals surface area contributed by atoms with Gasteiger partial charge in [0.2, 0.25) is 0 Å². The number of nitrogens with one attached hydrogen (secondary N) is 1. The Morgan fingerprint density at radius 2 is 2.13 bits per heavy atom. The molecule has 15 heavy (non-hydrogen) atoms. The van der Waals surface area contributed by atoms with E-state index in [1.165, 1.54) is 24.8 Å². The van der Waals surface area contributed by atoms with Gasteiger partial charge in [-0.3, -0.25) is 0 Å². The van der Waals surface area contributed by atoms with Crippen LogP contribution in [0.5, 0.6) is 0 Å². The number of halogens is 1. The zero-order valence-corrected chi connectivity index (χ0v) is 9.93. The van der Waals surface area contributed by atoms with Gasteiger partial charge in [0.1, 0.15) is 0 Å². The molecule has 2 rings (SSSR count). The Morgan fingerprint density at radius 1 is 1.40 bits per heavy atom. The normalized spacial score (nSPS) is 18.5. The Hall–Kier alpha value is -0.530. The first kappa shape index (κ1) is 11.0. The predicted octanol–water partition coefficient (Wildman–Crippen LogP) is 3.79. The van der Waals surface area contributed by atoms with Crippen LogP contribution in [0, 0.1) is 5.92 Å². The highest BCUT2D eigenvalue weighted by Gasteiger charge is 2.18. The third-order valence-electron chi connectivity index (χ3n) is 3.31. The second-order valence-corrected chi connectivity index (χ2v) is 4.86. The summed E-state index contributed by atoms with van der Waals surface area (Å²) in [7, 11) is 0. The SMILES string of the molecule is C[C@@H](NCC1CCC1)c1ccccc1Cl. The molecule has 0 amide bonds. The van der Waals surface area contributed by atoms with Crippen LogP contribution < -0.4 is 5.32 Å². The summed E-state index contributed by atoms with van der Waals surface area (Å²) in [5, 5.41) is 4.42. The van der Waals surface area contributed by atoms with Crippen LogP contribution in [0.25, 0.3) is 0 Å². The number of benzene rings is 1. The van der Waals surface area contributed by atoms with Gasteiger partial charge in [0.25, 0.3) is 0 Å². The molecule has 0 radical (unpaired) electrons. The van der Waals surface area contributed by atoms with Gasteiger partial charge in [-0.2, -0.15) is 0 Å². The lowest BCUT2D eigenvalue weighted by molar-refractivity contribution is 0.292. The minimum absolute atomic E-state index is 0.360. The lowest BCUT2D eigenvalue weighted by Gasteiger charge is -2.27. The monoisotopic (exact) mass is 223 g/mol. The maximum Gasteiger partial charge on any atom is 0.0453 e. The van der Waals surface area contributed by atoms with E-state index < -0.39 is 0 Å². The van der Waals surface area contributed by atoms with Crippen molar-refractivity contribution in [2.75, 3.05) is 6.54 Å². The second-order valence-electron chi connectivity index (χ2n) is 4.45. The Labute approximate surface area is 96.8 Å². The van der Waals surface area contributed by atoms with Crippen molar-refractivity contribution < 1.29 is 0 Å². The summed E-state index contributed by atoms with van der Waals surface area (Å²) in [6, 6.07) is 8.44. The average Bonchev–Trinajstić information content (AvgIpc) is 2.16. The van der Waals surface area contributed by atoms with Gasteiger partial charge in [-0.15, -0.1) is 0 Å². The minimum Gasteiger partial charge on any atom is -0.310 e. The molecule has 0 bridgehead atoms. The summed E-state index contributed by atoms with van der Waals surface area (Å²) in [5.41, 5.74) is 1.21. The maximum atomic E-state index is 6.14. The van der Waals surface area contributed by atoms with E-state index in [0.717, 1.165) is 17.5 Å². The quantitative estimate of drug-likeness (QED) is 0.819. The molecule has 1 aromatic carbocycles. The summed E-state index contributed by atoms with van der Waals surface area (Å²) < 4.78 is 0. The second kappa shape index (κ2) is 5.00. The molecule has 1 aliphatic carbocycles. The first-order chi connectivity index (χ1) is 7.27. The molecular weight excluding hydrogens is 206 g/mol. The van der Waals surface area contributed by atoms with Gasteiger partial charge in [-0.05, 0) is 43.9 Å². The molecule has 1 nitrogen and oxygen atoms in total. The molecule has 82 valence electrons.